The Balaban J connectivity index is 2.37. The molecule has 0 aromatic heterocycles. The zero-order chi connectivity index (χ0) is 13.3. The van der Waals surface area contributed by atoms with Gasteiger partial charge < -0.3 is 0 Å². The third-order valence-electron chi connectivity index (χ3n) is 3.21. The first-order chi connectivity index (χ1) is 8.47. The molecule has 0 N–H and O–H groups in total. The molecule has 0 aliphatic heterocycles. The van der Waals surface area contributed by atoms with Crippen LogP contribution in [0.2, 0.25) is 10.0 Å². The molecule has 2 heteroatoms. The van der Waals surface area contributed by atoms with Gasteiger partial charge in [-0.15, -0.1) is 0 Å². The fourth-order valence-electron chi connectivity index (χ4n) is 2.34. The summed E-state index contributed by atoms with van der Waals surface area (Å²) in [6.45, 7) is 6.45. The Kier molecular flexibility index (Phi) is 3.99. The van der Waals surface area contributed by atoms with E-state index >= 15 is 0 Å². The molecule has 0 radical (unpaired) electrons. The molecule has 94 valence electrons. The Morgan fingerprint density at radius 2 is 1.44 bits per heavy atom. The maximum absolute atomic E-state index is 6.05. The Morgan fingerprint density at radius 1 is 0.833 bits per heavy atom. The third-order valence-corrected chi connectivity index (χ3v) is 3.94. The Morgan fingerprint density at radius 3 is 2.00 bits per heavy atom. The van der Waals surface area contributed by atoms with E-state index in [2.05, 4.69) is 32.9 Å². The quantitative estimate of drug-likeness (QED) is 0.680. The van der Waals surface area contributed by atoms with Gasteiger partial charge in [-0.05, 0) is 61.6 Å². The monoisotopic (exact) mass is 278 g/mol. The summed E-state index contributed by atoms with van der Waals surface area (Å²) in [6, 6.07) is 10.3. The highest BCUT2D eigenvalue weighted by atomic mass is 35.5. The van der Waals surface area contributed by atoms with Crippen molar-refractivity contribution < 1.29 is 0 Å². The molecule has 2 rings (SSSR count). The van der Waals surface area contributed by atoms with Crippen molar-refractivity contribution in [3.05, 3.63) is 68.2 Å². The molecule has 2 aromatic rings. The van der Waals surface area contributed by atoms with Gasteiger partial charge in [0.25, 0.3) is 0 Å². The Hall–Kier alpha value is -0.980. The molecule has 0 saturated carbocycles. The van der Waals surface area contributed by atoms with Crippen molar-refractivity contribution in [2.24, 2.45) is 0 Å². The third kappa shape index (κ3) is 2.88. The standard InChI is InChI=1S/C16H16Cl2/c1-10-6-11(2)14(12(3)7-10)8-13-4-5-15(17)16(18)9-13/h4-7,9H,8H2,1-3H3. The van der Waals surface area contributed by atoms with Gasteiger partial charge in [0.1, 0.15) is 0 Å². The molecule has 0 saturated heterocycles. The van der Waals surface area contributed by atoms with Crippen LogP contribution in [0.5, 0.6) is 0 Å². The van der Waals surface area contributed by atoms with E-state index in [0.717, 1.165) is 6.42 Å². The lowest BCUT2D eigenvalue weighted by atomic mass is 9.94. The molecule has 0 unspecified atom stereocenters. The van der Waals surface area contributed by atoms with Crippen LogP contribution in [0.15, 0.2) is 30.3 Å². The van der Waals surface area contributed by atoms with Crippen LogP contribution in [0, 0.1) is 20.8 Å². The van der Waals surface area contributed by atoms with Crippen molar-refractivity contribution in [1.29, 1.82) is 0 Å². The van der Waals surface area contributed by atoms with E-state index in [1.807, 2.05) is 18.2 Å². The van der Waals surface area contributed by atoms with Crippen LogP contribution in [0.3, 0.4) is 0 Å². The van der Waals surface area contributed by atoms with E-state index in [0.29, 0.717) is 10.0 Å². The molecule has 0 bridgehead atoms. The summed E-state index contributed by atoms with van der Waals surface area (Å²) in [7, 11) is 0. The summed E-state index contributed by atoms with van der Waals surface area (Å²) in [4.78, 5) is 0. The number of rotatable bonds is 2. The molecule has 0 aliphatic carbocycles. The Labute approximate surface area is 119 Å². The molecule has 0 heterocycles. The molecular formula is C16H16Cl2. The van der Waals surface area contributed by atoms with Gasteiger partial charge in [-0.1, -0.05) is 47.0 Å². The van der Waals surface area contributed by atoms with Gasteiger partial charge in [-0.25, -0.2) is 0 Å². The summed E-state index contributed by atoms with van der Waals surface area (Å²) in [5.41, 5.74) is 6.54. The van der Waals surface area contributed by atoms with E-state index in [-0.39, 0.29) is 0 Å². The predicted octanol–water partition coefficient (Wildman–Crippen LogP) is 5.51. The SMILES string of the molecule is Cc1cc(C)c(Cc2ccc(Cl)c(Cl)c2)c(C)c1. The second-order valence-corrected chi connectivity index (χ2v) is 5.62. The van der Waals surface area contributed by atoms with Crippen LogP contribution in [-0.4, -0.2) is 0 Å². The van der Waals surface area contributed by atoms with Crippen molar-refractivity contribution in [3.63, 3.8) is 0 Å². The number of hydrogen-bond acceptors (Lipinski definition) is 0. The van der Waals surface area contributed by atoms with Crippen molar-refractivity contribution >= 4 is 23.2 Å². The minimum Gasteiger partial charge on any atom is -0.0827 e. The van der Waals surface area contributed by atoms with Gasteiger partial charge in [-0.2, -0.15) is 0 Å². The zero-order valence-electron chi connectivity index (χ0n) is 10.8. The summed E-state index contributed by atoms with van der Waals surface area (Å²) < 4.78 is 0. The summed E-state index contributed by atoms with van der Waals surface area (Å²) in [5, 5.41) is 1.23. The number of hydrogen-bond donors (Lipinski definition) is 0. The van der Waals surface area contributed by atoms with Gasteiger partial charge >= 0.3 is 0 Å². The average molecular weight is 279 g/mol. The first-order valence-corrected chi connectivity index (χ1v) is 6.73. The maximum atomic E-state index is 6.05. The van der Waals surface area contributed by atoms with Gasteiger partial charge in [0.2, 0.25) is 0 Å². The highest BCUT2D eigenvalue weighted by Gasteiger charge is 2.06. The van der Waals surface area contributed by atoms with Crippen molar-refractivity contribution in [1.82, 2.24) is 0 Å². The van der Waals surface area contributed by atoms with E-state index in [9.17, 15) is 0 Å². The van der Waals surface area contributed by atoms with Gasteiger partial charge in [0.15, 0.2) is 0 Å². The van der Waals surface area contributed by atoms with Gasteiger partial charge in [0.05, 0.1) is 10.0 Å². The predicted molar refractivity (Wildman–Crippen MR) is 79.9 cm³/mol. The number of aryl methyl sites for hydroxylation is 3. The van der Waals surface area contributed by atoms with E-state index in [1.165, 1.54) is 27.8 Å². The molecule has 2 aromatic carbocycles. The van der Waals surface area contributed by atoms with Crippen molar-refractivity contribution in [3.8, 4) is 0 Å². The maximum Gasteiger partial charge on any atom is 0.0595 e. The topological polar surface area (TPSA) is 0 Å². The highest BCUT2D eigenvalue weighted by molar-refractivity contribution is 6.42. The smallest absolute Gasteiger partial charge is 0.0595 e. The minimum absolute atomic E-state index is 0.609. The van der Waals surface area contributed by atoms with E-state index in [1.54, 1.807) is 0 Å². The van der Waals surface area contributed by atoms with Crippen LogP contribution in [0.1, 0.15) is 27.8 Å². The first kappa shape index (κ1) is 13.5. The molecule has 0 spiro atoms. The van der Waals surface area contributed by atoms with Gasteiger partial charge in [-0.3, -0.25) is 0 Å². The molecule has 0 aliphatic rings. The Bertz CT molecular complexity index is 563. The highest BCUT2D eigenvalue weighted by Crippen LogP contribution is 2.26. The lowest BCUT2D eigenvalue weighted by molar-refractivity contribution is 1.11. The average Bonchev–Trinajstić information content (AvgIpc) is 2.28. The lowest BCUT2D eigenvalue weighted by Gasteiger charge is -2.12. The van der Waals surface area contributed by atoms with Crippen LogP contribution in [0.4, 0.5) is 0 Å². The fourth-order valence-corrected chi connectivity index (χ4v) is 2.66. The first-order valence-electron chi connectivity index (χ1n) is 5.98. The molecule has 0 amide bonds. The number of benzene rings is 2. The van der Waals surface area contributed by atoms with Crippen molar-refractivity contribution in [2.45, 2.75) is 27.2 Å². The van der Waals surface area contributed by atoms with Crippen LogP contribution in [0.25, 0.3) is 0 Å². The van der Waals surface area contributed by atoms with E-state index in [4.69, 9.17) is 23.2 Å². The normalized spacial score (nSPS) is 10.7. The molecule has 18 heavy (non-hydrogen) atoms. The van der Waals surface area contributed by atoms with Gasteiger partial charge in [0, 0.05) is 0 Å². The van der Waals surface area contributed by atoms with Crippen LogP contribution in [-0.2, 0) is 6.42 Å². The second kappa shape index (κ2) is 5.34. The minimum atomic E-state index is 0.609. The second-order valence-electron chi connectivity index (χ2n) is 4.80. The summed E-state index contributed by atoms with van der Waals surface area (Å²) >= 11 is 12.0. The largest absolute Gasteiger partial charge is 0.0827 e. The molecule has 0 atom stereocenters. The van der Waals surface area contributed by atoms with E-state index < -0.39 is 0 Å². The molecular weight excluding hydrogens is 263 g/mol. The zero-order valence-corrected chi connectivity index (χ0v) is 12.4. The van der Waals surface area contributed by atoms with Crippen LogP contribution < -0.4 is 0 Å². The van der Waals surface area contributed by atoms with Crippen LogP contribution >= 0.6 is 23.2 Å². The molecule has 0 nitrogen and oxygen atoms in total. The summed E-state index contributed by atoms with van der Waals surface area (Å²) in [6.07, 6.45) is 0.898. The molecule has 0 fully saturated rings. The lowest BCUT2D eigenvalue weighted by Crippen LogP contribution is -1.96. The number of halogens is 2. The fraction of sp³-hybridized carbons (Fsp3) is 0.250. The van der Waals surface area contributed by atoms with Crippen molar-refractivity contribution in [2.75, 3.05) is 0 Å². The summed E-state index contributed by atoms with van der Waals surface area (Å²) in [5.74, 6) is 0.